The molecule has 110 valence electrons. The van der Waals surface area contributed by atoms with Gasteiger partial charge >= 0.3 is 0 Å². The number of hydrogen-bond donors (Lipinski definition) is 1. The van der Waals surface area contributed by atoms with Gasteiger partial charge in [0.05, 0.1) is 19.2 Å². The Balaban J connectivity index is 2.22. The number of ketones is 1. The Kier molecular flexibility index (Phi) is 4.98. The van der Waals surface area contributed by atoms with Crippen LogP contribution in [0.2, 0.25) is 0 Å². The third kappa shape index (κ3) is 3.29. The number of carbonyl (C=O) groups is 1. The van der Waals surface area contributed by atoms with E-state index in [0.717, 1.165) is 25.9 Å². The summed E-state index contributed by atoms with van der Waals surface area (Å²) in [4.78, 5) is 14.2. The fourth-order valence-corrected chi connectivity index (χ4v) is 2.40. The van der Waals surface area contributed by atoms with E-state index in [1.54, 1.807) is 25.3 Å². The summed E-state index contributed by atoms with van der Waals surface area (Å²) >= 11 is 0. The summed E-state index contributed by atoms with van der Waals surface area (Å²) in [6.45, 7) is 1.97. The highest BCUT2D eigenvalue weighted by molar-refractivity contribution is 6.00. The predicted octanol–water partition coefficient (Wildman–Crippen LogP) is 1.31. The van der Waals surface area contributed by atoms with Crippen LogP contribution in [0.4, 0.5) is 0 Å². The molecule has 1 aliphatic heterocycles. The number of hydrogen-bond acceptors (Lipinski definition) is 5. The number of para-hydroxylation sites is 1. The zero-order valence-corrected chi connectivity index (χ0v) is 12.1. The fraction of sp³-hybridized carbons (Fsp3) is 0.533. The first-order valence-electron chi connectivity index (χ1n) is 6.91. The summed E-state index contributed by atoms with van der Waals surface area (Å²) in [5.41, 5.74) is 5.97. The minimum Gasteiger partial charge on any atom is -0.493 e. The smallest absolute Gasteiger partial charge is 0.180 e. The molecule has 0 saturated carbocycles. The molecule has 0 bridgehead atoms. The summed E-state index contributed by atoms with van der Waals surface area (Å²) in [6.07, 6.45) is 2.02. The SMILES string of the molecule is COc1cccc(C(=O)CN)c1OC1CCN(C)CC1. The second kappa shape index (κ2) is 6.72. The van der Waals surface area contributed by atoms with E-state index < -0.39 is 0 Å². The minimum absolute atomic E-state index is 0.0308. The summed E-state index contributed by atoms with van der Waals surface area (Å²) in [7, 11) is 3.68. The third-order valence-electron chi connectivity index (χ3n) is 3.63. The van der Waals surface area contributed by atoms with Crippen molar-refractivity contribution in [1.29, 1.82) is 0 Å². The Morgan fingerprint density at radius 1 is 1.40 bits per heavy atom. The molecule has 2 rings (SSSR count). The topological polar surface area (TPSA) is 64.8 Å². The summed E-state index contributed by atoms with van der Waals surface area (Å²) in [6, 6.07) is 5.32. The molecule has 1 aromatic carbocycles. The molecule has 0 radical (unpaired) electrons. The monoisotopic (exact) mass is 278 g/mol. The van der Waals surface area contributed by atoms with E-state index in [4.69, 9.17) is 15.2 Å². The van der Waals surface area contributed by atoms with Gasteiger partial charge in [0.1, 0.15) is 6.10 Å². The van der Waals surface area contributed by atoms with Gasteiger partial charge in [-0.25, -0.2) is 0 Å². The number of benzene rings is 1. The number of Topliss-reactive ketones (excluding diaryl/α,β-unsaturated/α-hetero) is 1. The van der Waals surface area contributed by atoms with Crippen molar-refractivity contribution in [1.82, 2.24) is 4.90 Å². The summed E-state index contributed by atoms with van der Waals surface area (Å²) < 4.78 is 11.4. The van der Waals surface area contributed by atoms with Crippen LogP contribution in [-0.2, 0) is 0 Å². The van der Waals surface area contributed by atoms with Gasteiger partial charge in [-0.15, -0.1) is 0 Å². The Morgan fingerprint density at radius 2 is 2.10 bits per heavy atom. The first kappa shape index (κ1) is 14.8. The van der Waals surface area contributed by atoms with Crippen LogP contribution in [0.3, 0.4) is 0 Å². The Morgan fingerprint density at radius 3 is 2.70 bits per heavy atom. The lowest BCUT2D eigenvalue weighted by molar-refractivity contribution is 0.0963. The lowest BCUT2D eigenvalue weighted by Crippen LogP contribution is -2.36. The zero-order valence-electron chi connectivity index (χ0n) is 12.1. The van der Waals surface area contributed by atoms with Gasteiger partial charge in [0.25, 0.3) is 0 Å². The zero-order chi connectivity index (χ0) is 14.5. The molecule has 5 heteroatoms. The number of nitrogens with two attached hydrogens (primary N) is 1. The van der Waals surface area contributed by atoms with E-state index in [1.165, 1.54) is 0 Å². The molecule has 0 amide bonds. The lowest BCUT2D eigenvalue weighted by Gasteiger charge is -2.30. The average molecular weight is 278 g/mol. The molecule has 0 aromatic heterocycles. The molecule has 20 heavy (non-hydrogen) atoms. The van der Waals surface area contributed by atoms with Gasteiger partial charge in [-0.3, -0.25) is 4.79 Å². The van der Waals surface area contributed by atoms with E-state index in [1.807, 2.05) is 0 Å². The number of likely N-dealkylation sites (tertiary alicyclic amines) is 1. The first-order valence-corrected chi connectivity index (χ1v) is 6.91. The van der Waals surface area contributed by atoms with Crippen LogP contribution in [0.5, 0.6) is 11.5 Å². The standard InChI is InChI=1S/C15H22N2O3/c1-17-8-6-11(7-9-17)20-15-12(13(18)10-16)4-3-5-14(15)19-2/h3-5,11H,6-10,16H2,1-2H3. The van der Waals surface area contributed by atoms with Gasteiger partial charge in [0, 0.05) is 13.1 Å². The van der Waals surface area contributed by atoms with Gasteiger partial charge in [0.15, 0.2) is 17.3 Å². The number of rotatable bonds is 5. The molecule has 0 spiro atoms. The van der Waals surface area contributed by atoms with Crippen LogP contribution in [0.15, 0.2) is 18.2 Å². The van der Waals surface area contributed by atoms with Crippen LogP contribution < -0.4 is 15.2 Å². The van der Waals surface area contributed by atoms with Crippen molar-refractivity contribution in [3.05, 3.63) is 23.8 Å². The maximum Gasteiger partial charge on any atom is 0.180 e. The third-order valence-corrected chi connectivity index (χ3v) is 3.63. The van der Waals surface area contributed by atoms with E-state index in [2.05, 4.69) is 11.9 Å². The van der Waals surface area contributed by atoms with Crippen LogP contribution in [-0.4, -0.2) is 50.6 Å². The molecule has 2 N–H and O–H groups in total. The fourth-order valence-electron chi connectivity index (χ4n) is 2.40. The van der Waals surface area contributed by atoms with Crippen molar-refractivity contribution in [3.63, 3.8) is 0 Å². The molecule has 1 aliphatic rings. The molecule has 0 atom stereocenters. The normalized spacial score (nSPS) is 16.9. The molecule has 1 saturated heterocycles. The Hall–Kier alpha value is -1.59. The molecule has 5 nitrogen and oxygen atoms in total. The largest absolute Gasteiger partial charge is 0.493 e. The number of carbonyl (C=O) groups excluding carboxylic acids is 1. The molecule has 1 heterocycles. The van der Waals surface area contributed by atoms with Gasteiger partial charge < -0.3 is 20.1 Å². The quantitative estimate of drug-likeness (QED) is 0.823. The van der Waals surface area contributed by atoms with Gasteiger partial charge in [0.2, 0.25) is 0 Å². The van der Waals surface area contributed by atoms with Crippen LogP contribution in [0.25, 0.3) is 0 Å². The molecule has 0 unspecified atom stereocenters. The van der Waals surface area contributed by atoms with Gasteiger partial charge in [-0.2, -0.15) is 0 Å². The number of nitrogens with zero attached hydrogens (tertiary/aromatic N) is 1. The van der Waals surface area contributed by atoms with Gasteiger partial charge in [-0.1, -0.05) is 6.07 Å². The second-order valence-corrected chi connectivity index (χ2v) is 5.08. The maximum atomic E-state index is 11.9. The number of piperidine rings is 1. The molecule has 1 aromatic rings. The summed E-state index contributed by atoms with van der Waals surface area (Å²) in [5.74, 6) is 0.982. The highest BCUT2D eigenvalue weighted by Crippen LogP contribution is 2.33. The van der Waals surface area contributed by atoms with E-state index in [-0.39, 0.29) is 18.4 Å². The first-order chi connectivity index (χ1) is 9.65. The highest BCUT2D eigenvalue weighted by Gasteiger charge is 2.23. The van der Waals surface area contributed by atoms with Crippen molar-refractivity contribution >= 4 is 5.78 Å². The van der Waals surface area contributed by atoms with Crippen LogP contribution in [0, 0.1) is 0 Å². The minimum atomic E-state index is -0.133. The van der Waals surface area contributed by atoms with Crippen molar-refractivity contribution in [2.75, 3.05) is 33.8 Å². The Bertz CT molecular complexity index is 468. The number of ether oxygens (including phenoxy) is 2. The van der Waals surface area contributed by atoms with E-state index >= 15 is 0 Å². The number of methoxy groups -OCH3 is 1. The maximum absolute atomic E-state index is 11.9. The van der Waals surface area contributed by atoms with E-state index in [9.17, 15) is 4.79 Å². The van der Waals surface area contributed by atoms with Crippen LogP contribution >= 0.6 is 0 Å². The second-order valence-electron chi connectivity index (χ2n) is 5.08. The van der Waals surface area contributed by atoms with E-state index in [0.29, 0.717) is 17.1 Å². The van der Waals surface area contributed by atoms with Crippen molar-refractivity contribution < 1.29 is 14.3 Å². The van der Waals surface area contributed by atoms with Crippen molar-refractivity contribution in [2.24, 2.45) is 5.73 Å². The average Bonchev–Trinajstić information content (AvgIpc) is 2.49. The van der Waals surface area contributed by atoms with Crippen molar-refractivity contribution in [3.8, 4) is 11.5 Å². The molecule has 1 fully saturated rings. The molecular weight excluding hydrogens is 256 g/mol. The summed E-state index contributed by atoms with van der Waals surface area (Å²) in [5, 5.41) is 0. The Labute approximate surface area is 119 Å². The van der Waals surface area contributed by atoms with Crippen LogP contribution in [0.1, 0.15) is 23.2 Å². The molecule has 0 aliphatic carbocycles. The molecular formula is C15H22N2O3. The lowest BCUT2D eigenvalue weighted by atomic mass is 10.1. The van der Waals surface area contributed by atoms with Crippen molar-refractivity contribution in [2.45, 2.75) is 18.9 Å². The highest BCUT2D eigenvalue weighted by atomic mass is 16.5. The van der Waals surface area contributed by atoms with Gasteiger partial charge in [-0.05, 0) is 32.0 Å². The predicted molar refractivity (Wildman–Crippen MR) is 77.5 cm³/mol.